The topological polar surface area (TPSA) is 50.2 Å². The second-order valence-electron chi connectivity index (χ2n) is 7.41. The third kappa shape index (κ3) is 5.06. The Morgan fingerprint density at radius 1 is 1.39 bits per heavy atom. The molecule has 1 saturated heterocycles. The van der Waals surface area contributed by atoms with E-state index in [0.717, 1.165) is 24.5 Å². The molecule has 0 spiro atoms. The van der Waals surface area contributed by atoms with Gasteiger partial charge in [0.05, 0.1) is 11.7 Å². The molecule has 1 aliphatic rings. The summed E-state index contributed by atoms with van der Waals surface area (Å²) < 4.78 is 1.95. The molecule has 2 rings (SSSR count). The summed E-state index contributed by atoms with van der Waals surface area (Å²) in [6, 6.07) is 2.65. The monoisotopic (exact) mass is 320 g/mol. The minimum Gasteiger partial charge on any atom is -0.354 e. The van der Waals surface area contributed by atoms with Crippen molar-refractivity contribution in [1.82, 2.24) is 20.0 Å². The molecule has 1 aromatic heterocycles. The van der Waals surface area contributed by atoms with Crippen LogP contribution < -0.4 is 5.32 Å². The molecule has 0 bridgehead atoms. The molecule has 5 heteroatoms. The average molecular weight is 320 g/mol. The van der Waals surface area contributed by atoms with Gasteiger partial charge in [0, 0.05) is 31.2 Å². The molecule has 130 valence electrons. The smallest absolute Gasteiger partial charge is 0.222 e. The van der Waals surface area contributed by atoms with Crippen LogP contribution in [0.15, 0.2) is 6.07 Å². The van der Waals surface area contributed by atoms with Crippen molar-refractivity contribution >= 4 is 5.91 Å². The summed E-state index contributed by atoms with van der Waals surface area (Å²) in [5, 5.41) is 7.61. The second kappa shape index (κ2) is 7.95. The highest BCUT2D eigenvalue weighted by Crippen LogP contribution is 2.18. The van der Waals surface area contributed by atoms with Crippen LogP contribution in [-0.4, -0.2) is 46.3 Å². The molecule has 1 N–H and O–H groups in total. The maximum absolute atomic E-state index is 12.3. The van der Waals surface area contributed by atoms with Crippen molar-refractivity contribution in [2.75, 3.05) is 19.6 Å². The van der Waals surface area contributed by atoms with Crippen molar-refractivity contribution < 1.29 is 4.79 Å². The summed E-state index contributed by atoms with van der Waals surface area (Å²) in [6.45, 7) is 13.7. The molecule has 2 atom stereocenters. The van der Waals surface area contributed by atoms with E-state index in [9.17, 15) is 4.79 Å². The number of carbonyl (C=O) groups is 1. The van der Waals surface area contributed by atoms with Gasteiger partial charge in [0.25, 0.3) is 0 Å². The first kappa shape index (κ1) is 18.0. The van der Waals surface area contributed by atoms with Crippen LogP contribution in [0.3, 0.4) is 0 Å². The number of rotatable bonds is 7. The van der Waals surface area contributed by atoms with Crippen LogP contribution in [-0.2, 0) is 4.79 Å². The van der Waals surface area contributed by atoms with Gasteiger partial charge in [-0.05, 0) is 52.1 Å². The number of nitrogens with one attached hydrogen (secondary N) is 1. The molecular formula is C18H32N4O. The Morgan fingerprint density at radius 3 is 2.74 bits per heavy atom. The van der Waals surface area contributed by atoms with Gasteiger partial charge in [0.2, 0.25) is 5.91 Å². The first-order valence-corrected chi connectivity index (χ1v) is 8.90. The summed E-state index contributed by atoms with van der Waals surface area (Å²) >= 11 is 0. The highest BCUT2D eigenvalue weighted by Gasteiger charge is 2.25. The molecule has 23 heavy (non-hydrogen) atoms. The van der Waals surface area contributed by atoms with Crippen LogP contribution in [0.25, 0.3) is 0 Å². The quantitative estimate of drug-likeness (QED) is 0.840. The predicted molar refractivity (Wildman–Crippen MR) is 93.5 cm³/mol. The fourth-order valence-corrected chi connectivity index (χ4v) is 3.59. The minimum absolute atomic E-state index is 0.0963. The van der Waals surface area contributed by atoms with Crippen LogP contribution in [0, 0.1) is 19.8 Å². The number of aryl methyl sites for hydroxylation is 2. The first-order valence-electron chi connectivity index (χ1n) is 8.90. The predicted octanol–water partition coefficient (Wildman–Crippen LogP) is 2.69. The number of hydrogen-bond donors (Lipinski definition) is 1. The standard InChI is InChI=1S/C18H32N4O/c1-13(2)12-21-8-6-7-17(21)11-19-18(23)10-16(5)22-15(4)9-14(3)20-22/h9,13,16-17H,6-8,10-12H2,1-5H3,(H,19,23)/t16-,17+/m0/s1. The van der Waals surface area contributed by atoms with E-state index in [0.29, 0.717) is 18.4 Å². The number of likely N-dealkylation sites (tertiary alicyclic amines) is 1. The molecule has 0 aliphatic carbocycles. The van der Waals surface area contributed by atoms with Crippen LogP contribution in [0.4, 0.5) is 0 Å². The molecule has 1 fully saturated rings. The maximum atomic E-state index is 12.3. The van der Waals surface area contributed by atoms with Crippen molar-refractivity contribution in [3.05, 3.63) is 17.5 Å². The van der Waals surface area contributed by atoms with E-state index in [4.69, 9.17) is 0 Å². The third-order valence-electron chi connectivity index (χ3n) is 4.58. The van der Waals surface area contributed by atoms with Gasteiger partial charge in [0.1, 0.15) is 0 Å². The van der Waals surface area contributed by atoms with Gasteiger partial charge in [0.15, 0.2) is 0 Å². The Morgan fingerprint density at radius 2 is 2.13 bits per heavy atom. The lowest BCUT2D eigenvalue weighted by molar-refractivity contribution is -0.122. The van der Waals surface area contributed by atoms with Gasteiger partial charge in [-0.15, -0.1) is 0 Å². The zero-order valence-electron chi connectivity index (χ0n) is 15.3. The highest BCUT2D eigenvalue weighted by atomic mass is 16.1. The molecule has 1 aliphatic heterocycles. The fourth-order valence-electron chi connectivity index (χ4n) is 3.59. The van der Waals surface area contributed by atoms with Gasteiger partial charge in [-0.3, -0.25) is 14.4 Å². The fraction of sp³-hybridized carbons (Fsp3) is 0.778. The number of carbonyl (C=O) groups excluding carboxylic acids is 1. The number of amides is 1. The molecule has 5 nitrogen and oxygen atoms in total. The van der Waals surface area contributed by atoms with Gasteiger partial charge in [-0.2, -0.15) is 5.10 Å². The van der Waals surface area contributed by atoms with Gasteiger partial charge in [-0.25, -0.2) is 0 Å². The average Bonchev–Trinajstić information content (AvgIpc) is 3.02. The van der Waals surface area contributed by atoms with E-state index in [1.165, 1.54) is 19.4 Å². The lowest BCUT2D eigenvalue weighted by atomic mass is 10.1. The van der Waals surface area contributed by atoms with Crippen LogP contribution in [0.2, 0.25) is 0 Å². The lowest BCUT2D eigenvalue weighted by Gasteiger charge is -2.26. The van der Waals surface area contributed by atoms with Crippen LogP contribution in [0.1, 0.15) is 57.5 Å². The number of hydrogen-bond acceptors (Lipinski definition) is 3. The minimum atomic E-state index is 0.0963. The normalized spacial score (nSPS) is 20.2. The molecule has 2 heterocycles. The Bertz CT molecular complexity index is 523. The maximum Gasteiger partial charge on any atom is 0.222 e. The van der Waals surface area contributed by atoms with Gasteiger partial charge in [-0.1, -0.05) is 13.8 Å². The zero-order valence-corrected chi connectivity index (χ0v) is 15.3. The van der Waals surface area contributed by atoms with Gasteiger partial charge >= 0.3 is 0 Å². The van der Waals surface area contributed by atoms with Crippen molar-refractivity contribution in [2.45, 2.75) is 66.0 Å². The summed E-state index contributed by atoms with van der Waals surface area (Å²) in [6.07, 6.45) is 2.92. The Labute approximate surface area is 140 Å². The zero-order chi connectivity index (χ0) is 17.0. The highest BCUT2D eigenvalue weighted by molar-refractivity contribution is 5.76. The van der Waals surface area contributed by atoms with Crippen LogP contribution >= 0.6 is 0 Å². The van der Waals surface area contributed by atoms with Crippen molar-refractivity contribution in [3.63, 3.8) is 0 Å². The molecule has 1 amide bonds. The number of aromatic nitrogens is 2. The van der Waals surface area contributed by atoms with E-state index in [2.05, 4.69) is 42.2 Å². The van der Waals surface area contributed by atoms with E-state index in [1.807, 2.05) is 18.5 Å². The first-order chi connectivity index (χ1) is 10.9. The molecule has 0 aromatic carbocycles. The van der Waals surface area contributed by atoms with E-state index < -0.39 is 0 Å². The summed E-state index contributed by atoms with van der Waals surface area (Å²) in [5.41, 5.74) is 2.12. The van der Waals surface area contributed by atoms with Gasteiger partial charge < -0.3 is 5.32 Å². The van der Waals surface area contributed by atoms with Crippen molar-refractivity contribution in [1.29, 1.82) is 0 Å². The molecule has 1 aromatic rings. The summed E-state index contributed by atoms with van der Waals surface area (Å²) in [7, 11) is 0. The summed E-state index contributed by atoms with van der Waals surface area (Å²) in [5.74, 6) is 0.804. The van der Waals surface area contributed by atoms with Crippen LogP contribution in [0.5, 0.6) is 0 Å². The Hall–Kier alpha value is -1.36. The third-order valence-corrected chi connectivity index (χ3v) is 4.58. The molecule has 0 unspecified atom stereocenters. The second-order valence-corrected chi connectivity index (χ2v) is 7.41. The molecular weight excluding hydrogens is 288 g/mol. The largest absolute Gasteiger partial charge is 0.354 e. The van der Waals surface area contributed by atoms with E-state index in [1.54, 1.807) is 0 Å². The number of nitrogens with zero attached hydrogens (tertiary/aromatic N) is 3. The molecule has 0 radical (unpaired) electrons. The van der Waals surface area contributed by atoms with E-state index >= 15 is 0 Å². The Balaban J connectivity index is 1.79. The Kier molecular flexibility index (Phi) is 6.22. The van der Waals surface area contributed by atoms with Crippen molar-refractivity contribution in [2.24, 2.45) is 5.92 Å². The SMILES string of the molecule is Cc1cc(C)n([C@@H](C)CC(=O)NC[C@H]2CCCN2CC(C)C)n1. The van der Waals surface area contributed by atoms with Crippen molar-refractivity contribution in [3.8, 4) is 0 Å². The molecule has 0 saturated carbocycles. The summed E-state index contributed by atoms with van der Waals surface area (Å²) in [4.78, 5) is 14.8. The van der Waals surface area contributed by atoms with E-state index in [-0.39, 0.29) is 11.9 Å². The lowest BCUT2D eigenvalue weighted by Crippen LogP contribution is -2.41.